The number of benzene rings is 1. The minimum absolute atomic E-state index is 0.000556. The Morgan fingerprint density at radius 2 is 2.23 bits per heavy atom. The third-order valence-electron chi connectivity index (χ3n) is 1.38. The van der Waals surface area contributed by atoms with Crippen LogP contribution in [-0.2, 0) is 0 Å². The van der Waals surface area contributed by atoms with Gasteiger partial charge in [-0.15, -0.1) is 4.91 Å². The lowest BCUT2D eigenvalue weighted by Crippen LogP contribution is -2.02. The quantitative estimate of drug-likeness (QED) is 0.430. The summed E-state index contributed by atoms with van der Waals surface area (Å²) >= 11 is 0. The highest BCUT2D eigenvalue weighted by Crippen LogP contribution is 2.30. The summed E-state index contributed by atoms with van der Waals surface area (Å²) < 4.78 is 0. The molecule has 2 N–H and O–H groups in total. The Hall–Kier alpha value is -2.02. The monoisotopic (exact) mass is 183 g/mol. The number of nitroso groups, excluding NO2 is 1. The summed E-state index contributed by atoms with van der Waals surface area (Å²) in [4.78, 5) is 24.0. The van der Waals surface area contributed by atoms with Gasteiger partial charge in [-0.25, -0.2) is 0 Å². The van der Waals surface area contributed by atoms with Gasteiger partial charge in [0.25, 0.3) is 5.69 Å². The Morgan fingerprint density at radius 3 is 2.69 bits per heavy atom. The van der Waals surface area contributed by atoms with Gasteiger partial charge in [0.1, 0.15) is 0 Å². The number of nitro benzene ring substituents is 1. The lowest BCUT2D eigenvalue weighted by Gasteiger charge is -1.99. The van der Waals surface area contributed by atoms with Crippen LogP contribution >= 0.6 is 0 Å². The topological polar surface area (TPSA) is 108 Å². The smallest absolute Gasteiger partial charge is 0.271 e. The highest BCUT2D eigenvalue weighted by molar-refractivity contribution is 5.57. The van der Waals surface area contributed by atoms with E-state index < -0.39 is 4.92 Å². The molecule has 0 radical (unpaired) electrons. The molecule has 0 spiro atoms. The fourth-order valence-electron chi connectivity index (χ4n) is 0.790. The highest BCUT2D eigenvalue weighted by Gasteiger charge is 2.11. The summed E-state index contributed by atoms with van der Waals surface area (Å²) in [7, 11) is 0. The van der Waals surface area contributed by atoms with Gasteiger partial charge in [0.2, 0.25) is 0 Å². The Morgan fingerprint density at radius 1 is 1.54 bits per heavy atom. The van der Waals surface area contributed by atoms with Gasteiger partial charge < -0.3 is 4.84 Å². The zero-order valence-corrected chi connectivity index (χ0v) is 6.34. The van der Waals surface area contributed by atoms with Crippen molar-refractivity contribution in [2.75, 3.05) is 0 Å². The molecule has 0 aliphatic rings. The lowest BCUT2D eigenvalue weighted by atomic mass is 10.2. The predicted octanol–water partition coefficient (Wildman–Crippen LogP) is 1.25. The Balaban J connectivity index is 3.20. The van der Waals surface area contributed by atoms with Gasteiger partial charge in [0.15, 0.2) is 11.4 Å². The molecular formula is C6H5N3O4. The van der Waals surface area contributed by atoms with E-state index in [1.807, 2.05) is 0 Å². The average molecular weight is 183 g/mol. The summed E-state index contributed by atoms with van der Waals surface area (Å²) in [6.45, 7) is 0. The maximum atomic E-state index is 10.3. The molecule has 0 atom stereocenters. The molecule has 68 valence electrons. The Kier molecular flexibility index (Phi) is 2.50. The van der Waals surface area contributed by atoms with Crippen molar-refractivity contribution in [1.82, 2.24) is 0 Å². The van der Waals surface area contributed by atoms with Gasteiger partial charge in [-0.05, 0) is 11.2 Å². The van der Waals surface area contributed by atoms with Crippen LogP contribution in [0.2, 0.25) is 0 Å². The first-order valence-corrected chi connectivity index (χ1v) is 3.17. The van der Waals surface area contributed by atoms with Gasteiger partial charge in [-0.3, -0.25) is 10.1 Å². The van der Waals surface area contributed by atoms with Crippen LogP contribution in [0.25, 0.3) is 0 Å². The Labute approximate surface area is 72.2 Å². The van der Waals surface area contributed by atoms with E-state index in [2.05, 4.69) is 10.0 Å². The second-order valence-electron chi connectivity index (χ2n) is 2.12. The molecule has 0 unspecified atom stereocenters. The normalized spacial score (nSPS) is 9.31. The van der Waals surface area contributed by atoms with Crippen LogP contribution in [0.4, 0.5) is 11.4 Å². The number of nitrogens with zero attached hydrogens (tertiary/aromatic N) is 2. The first-order valence-electron chi connectivity index (χ1n) is 3.17. The molecule has 0 aromatic heterocycles. The standard InChI is InChI=1S/C6H5N3O4/c7-13-6-2-1-4(9(11)12)3-5(6)8-10/h1-3H,7H2. The summed E-state index contributed by atoms with van der Waals surface area (Å²) in [5.41, 5.74) is -0.438. The predicted molar refractivity (Wildman–Crippen MR) is 43.4 cm³/mol. The zero-order valence-electron chi connectivity index (χ0n) is 6.34. The van der Waals surface area contributed by atoms with Crippen molar-refractivity contribution >= 4 is 11.4 Å². The number of nitro groups is 1. The second kappa shape index (κ2) is 3.59. The molecule has 1 aromatic carbocycles. The lowest BCUT2D eigenvalue weighted by molar-refractivity contribution is -0.384. The highest BCUT2D eigenvalue weighted by atomic mass is 16.6. The van der Waals surface area contributed by atoms with E-state index in [1.54, 1.807) is 0 Å². The number of hydrogen-bond donors (Lipinski definition) is 1. The van der Waals surface area contributed by atoms with E-state index >= 15 is 0 Å². The summed E-state index contributed by atoms with van der Waals surface area (Å²) in [6.07, 6.45) is 0. The van der Waals surface area contributed by atoms with E-state index in [1.165, 1.54) is 6.07 Å². The van der Waals surface area contributed by atoms with Crippen molar-refractivity contribution in [2.45, 2.75) is 0 Å². The van der Waals surface area contributed by atoms with Crippen LogP contribution in [0, 0.1) is 15.0 Å². The average Bonchev–Trinajstić information content (AvgIpc) is 2.16. The van der Waals surface area contributed by atoms with Crippen molar-refractivity contribution in [2.24, 2.45) is 11.1 Å². The molecule has 1 aromatic rings. The number of nitrogens with two attached hydrogens (primary N) is 1. The van der Waals surface area contributed by atoms with E-state index in [-0.39, 0.29) is 17.1 Å². The van der Waals surface area contributed by atoms with Crippen molar-refractivity contribution < 1.29 is 9.76 Å². The van der Waals surface area contributed by atoms with Crippen LogP contribution in [0.3, 0.4) is 0 Å². The summed E-state index contributed by atoms with van der Waals surface area (Å²) in [6, 6.07) is 3.35. The third kappa shape index (κ3) is 1.76. The molecule has 0 aliphatic carbocycles. The molecule has 0 saturated carbocycles. The molecule has 7 heteroatoms. The first-order chi connectivity index (χ1) is 6.19. The molecule has 1 rings (SSSR count). The fraction of sp³-hybridized carbons (Fsp3) is 0. The van der Waals surface area contributed by atoms with Crippen molar-refractivity contribution in [3.8, 4) is 5.75 Å². The van der Waals surface area contributed by atoms with Crippen LogP contribution in [0.5, 0.6) is 5.75 Å². The van der Waals surface area contributed by atoms with Gasteiger partial charge in [0, 0.05) is 12.1 Å². The number of rotatable bonds is 3. The zero-order chi connectivity index (χ0) is 9.84. The Bertz CT molecular complexity index is 352. The molecule has 0 bridgehead atoms. The van der Waals surface area contributed by atoms with Crippen molar-refractivity contribution in [3.05, 3.63) is 33.2 Å². The van der Waals surface area contributed by atoms with E-state index in [0.29, 0.717) is 0 Å². The number of hydrogen-bond acceptors (Lipinski definition) is 6. The van der Waals surface area contributed by atoms with E-state index in [0.717, 1.165) is 12.1 Å². The van der Waals surface area contributed by atoms with Gasteiger partial charge in [-0.1, -0.05) is 0 Å². The van der Waals surface area contributed by atoms with E-state index in [4.69, 9.17) is 5.90 Å². The molecule has 0 fully saturated rings. The van der Waals surface area contributed by atoms with Gasteiger partial charge >= 0.3 is 0 Å². The third-order valence-corrected chi connectivity index (χ3v) is 1.38. The summed E-state index contributed by atoms with van der Waals surface area (Å²) in [5, 5.41) is 12.8. The molecular weight excluding hydrogens is 178 g/mol. The molecule has 0 saturated heterocycles. The second-order valence-corrected chi connectivity index (χ2v) is 2.12. The minimum atomic E-state index is -0.644. The fourth-order valence-corrected chi connectivity index (χ4v) is 0.790. The largest absolute Gasteiger partial charge is 0.409 e. The maximum absolute atomic E-state index is 10.3. The SMILES string of the molecule is NOc1ccc([N+](=O)[O-])cc1N=O. The summed E-state index contributed by atoms with van der Waals surface area (Å²) in [5.74, 6) is 4.78. The van der Waals surface area contributed by atoms with Gasteiger partial charge in [0.05, 0.1) is 4.92 Å². The molecule has 7 nitrogen and oxygen atoms in total. The van der Waals surface area contributed by atoms with Crippen LogP contribution in [0.15, 0.2) is 23.4 Å². The molecule has 0 heterocycles. The molecule has 13 heavy (non-hydrogen) atoms. The maximum Gasteiger partial charge on any atom is 0.271 e. The first kappa shape index (κ1) is 9.07. The van der Waals surface area contributed by atoms with Crippen LogP contribution in [-0.4, -0.2) is 4.92 Å². The minimum Gasteiger partial charge on any atom is -0.409 e. The van der Waals surface area contributed by atoms with E-state index in [9.17, 15) is 15.0 Å². The van der Waals surface area contributed by atoms with Gasteiger partial charge in [-0.2, -0.15) is 5.90 Å². The van der Waals surface area contributed by atoms with Crippen LogP contribution < -0.4 is 10.7 Å². The molecule has 0 aliphatic heterocycles. The molecule has 0 amide bonds. The van der Waals surface area contributed by atoms with Crippen LogP contribution in [0.1, 0.15) is 0 Å². The van der Waals surface area contributed by atoms with Crippen molar-refractivity contribution in [3.63, 3.8) is 0 Å². The van der Waals surface area contributed by atoms with Crippen molar-refractivity contribution in [1.29, 1.82) is 0 Å². The number of non-ortho nitro benzene ring substituents is 1.